The summed E-state index contributed by atoms with van der Waals surface area (Å²) in [6, 6.07) is 3.39. The summed E-state index contributed by atoms with van der Waals surface area (Å²) >= 11 is -13.1. The second kappa shape index (κ2) is 3.40. The molecule has 0 saturated heterocycles. The Balaban J connectivity index is 3.35. The Morgan fingerprint density at radius 1 is 1.33 bits per heavy atom. The molecular weight excluding hydrogens is 290 g/mol. The van der Waals surface area contributed by atoms with E-state index in [2.05, 4.69) is 7.82 Å². The third-order valence-electron chi connectivity index (χ3n) is 1.19. The van der Waals surface area contributed by atoms with Gasteiger partial charge in [-0.3, -0.25) is 0 Å². The van der Waals surface area contributed by atoms with Gasteiger partial charge in [-0.1, -0.05) is 0 Å². The SMILES string of the molecule is [O]=[Cr](=[O])([OH])[O][Cr](=[O])(=[O])([OH])[c]1ccccn1. The molecule has 85 valence electrons. The van der Waals surface area contributed by atoms with Crippen LogP contribution in [0.1, 0.15) is 0 Å². The van der Waals surface area contributed by atoms with E-state index in [1.807, 2.05) is 0 Å². The predicted molar refractivity (Wildman–Crippen MR) is 32.1 cm³/mol. The molecule has 0 fully saturated rings. The molecule has 8 nitrogen and oxygen atoms in total. The Labute approximate surface area is 86.6 Å². The van der Waals surface area contributed by atoms with E-state index >= 15 is 0 Å². The van der Waals surface area contributed by atoms with Crippen molar-refractivity contribution in [2.75, 3.05) is 0 Å². The summed E-state index contributed by atoms with van der Waals surface area (Å²) in [4.78, 5) is 3.22. The fourth-order valence-corrected chi connectivity index (χ4v) is 4.57. The summed E-state index contributed by atoms with van der Waals surface area (Å²) < 4.78 is 62.8. The monoisotopic (exact) mass is 296 g/mol. The summed E-state index contributed by atoms with van der Waals surface area (Å²) in [5.74, 6) is 0. The van der Waals surface area contributed by atoms with Crippen molar-refractivity contribution in [3.63, 3.8) is 0 Å². The fourth-order valence-electron chi connectivity index (χ4n) is 0.735. The molecule has 0 aliphatic carbocycles. The van der Waals surface area contributed by atoms with Gasteiger partial charge in [0, 0.05) is 0 Å². The minimum absolute atomic E-state index is 0.836. The third-order valence-corrected chi connectivity index (χ3v) is 5.96. The van der Waals surface area contributed by atoms with Crippen LogP contribution in [-0.2, 0) is 44.2 Å². The van der Waals surface area contributed by atoms with Crippen LogP contribution in [0.25, 0.3) is 0 Å². The molecule has 1 rings (SSSR count). The minimum atomic E-state index is -7.03. The zero-order valence-corrected chi connectivity index (χ0v) is 9.56. The zero-order valence-electron chi connectivity index (χ0n) is 7.01. The van der Waals surface area contributed by atoms with Crippen LogP contribution in [0.5, 0.6) is 0 Å². The van der Waals surface area contributed by atoms with Gasteiger partial charge in [-0.2, -0.15) is 0 Å². The van der Waals surface area contributed by atoms with E-state index in [1.165, 1.54) is 12.1 Å². The molecule has 1 heterocycles. The standard InChI is InChI=1S/C5H4N.2Cr.2H2O.5O/c1-2-4-6-5-3-1;;;;;;;;;/h1-4H;;;2*1H2;;;;;/q;2*+1;;;;;;;/p-2. The topological polar surface area (TPSA) is 131 Å². The van der Waals surface area contributed by atoms with Gasteiger partial charge < -0.3 is 0 Å². The van der Waals surface area contributed by atoms with Crippen molar-refractivity contribution < 1.29 is 52.5 Å². The van der Waals surface area contributed by atoms with Crippen LogP contribution in [0, 0.1) is 0 Å². The van der Waals surface area contributed by atoms with E-state index in [4.69, 9.17) is 8.32 Å². The molecule has 0 radical (unpaired) electrons. The quantitative estimate of drug-likeness (QED) is 0.695. The van der Waals surface area contributed by atoms with Gasteiger partial charge in [0.15, 0.2) is 0 Å². The summed E-state index contributed by atoms with van der Waals surface area (Å²) in [5.41, 5.74) is 0. The summed E-state index contributed by atoms with van der Waals surface area (Å²) in [7, 11) is 0. The Bertz CT molecular complexity index is 584. The molecule has 10 heteroatoms. The molecule has 15 heavy (non-hydrogen) atoms. The summed E-state index contributed by atoms with van der Waals surface area (Å²) in [6.45, 7) is 0. The van der Waals surface area contributed by atoms with Gasteiger partial charge in [-0.15, -0.1) is 0 Å². The number of pyridine rings is 1. The molecule has 0 bridgehead atoms. The number of rotatable bonds is 3. The molecular formula is C5H6Cr2NO7. The molecule has 0 aliphatic heterocycles. The second-order valence-corrected chi connectivity index (χ2v) is 7.91. The van der Waals surface area contributed by atoms with Crippen molar-refractivity contribution in [2.45, 2.75) is 0 Å². The zero-order chi connectivity index (χ0) is 11.8. The first-order chi connectivity index (χ1) is 6.59. The first-order valence-electron chi connectivity index (χ1n) is 3.34. The molecule has 0 aliphatic rings. The van der Waals surface area contributed by atoms with Gasteiger partial charge in [0.2, 0.25) is 0 Å². The number of nitrogens with zero attached hydrogens (tertiary/aromatic N) is 1. The molecule has 2 N–H and O–H groups in total. The first-order valence-corrected chi connectivity index (χ1v) is 8.24. The maximum atomic E-state index is 11.3. The van der Waals surface area contributed by atoms with Crippen molar-refractivity contribution in [1.82, 2.24) is 4.98 Å². The molecule has 0 atom stereocenters. The van der Waals surface area contributed by atoms with E-state index in [1.54, 1.807) is 0 Å². The average Bonchev–Trinajstić information content (AvgIpc) is 2.00. The number of hydrogen-bond acceptors (Lipinski definition) is 6. The summed E-state index contributed by atoms with van der Waals surface area (Å²) in [6.07, 6.45) is 1.01. The first kappa shape index (κ1) is 12.4. The number of aromatic nitrogens is 1. The molecule has 0 spiro atoms. The average molecular weight is 296 g/mol. The normalized spacial score (nSPS) is 15.5. The molecule has 1 aromatic rings. The van der Waals surface area contributed by atoms with Gasteiger partial charge in [0.05, 0.1) is 0 Å². The summed E-state index contributed by atoms with van der Waals surface area (Å²) in [5, 5.41) is 0. The molecule has 0 amide bonds. The van der Waals surface area contributed by atoms with Crippen molar-refractivity contribution in [1.29, 1.82) is 0 Å². The maximum absolute atomic E-state index is 11.3. The molecule has 0 aromatic carbocycles. The van der Waals surface area contributed by atoms with Crippen LogP contribution in [0.2, 0.25) is 0 Å². The van der Waals surface area contributed by atoms with Crippen molar-refractivity contribution in [3.05, 3.63) is 24.4 Å². The molecule has 1 aromatic heterocycles. The van der Waals surface area contributed by atoms with Gasteiger partial charge in [-0.25, -0.2) is 0 Å². The Morgan fingerprint density at radius 3 is 2.33 bits per heavy atom. The van der Waals surface area contributed by atoms with Crippen molar-refractivity contribution in [2.24, 2.45) is 0 Å². The van der Waals surface area contributed by atoms with Crippen LogP contribution in [0.15, 0.2) is 24.4 Å². The second-order valence-electron chi connectivity index (χ2n) is 2.43. The van der Waals surface area contributed by atoms with Gasteiger partial charge in [0.1, 0.15) is 0 Å². The van der Waals surface area contributed by atoms with Crippen LogP contribution in [0.3, 0.4) is 0 Å². The van der Waals surface area contributed by atoms with Crippen molar-refractivity contribution >= 4 is 4.56 Å². The Morgan fingerprint density at radius 2 is 1.93 bits per heavy atom. The van der Waals surface area contributed by atoms with E-state index in [9.17, 15) is 15.2 Å². The Kier molecular flexibility index (Phi) is 2.81. The fraction of sp³-hybridized carbons (Fsp3) is 0. The van der Waals surface area contributed by atoms with E-state index in [0.29, 0.717) is 0 Å². The van der Waals surface area contributed by atoms with Crippen LogP contribution in [0.4, 0.5) is 0 Å². The van der Waals surface area contributed by atoms with Crippen LogP contribution >= 0.6 is 0 Å². The van der Waals surface area contributed by atoms with E-state index in [-0.39, 0.29) is 0 Å². The van der Waals surface area contributed by atoms with Crippen LogP contribution < -0.4 is 4.56 Å². The number of hydrogen-bond donors (Lipinski definition) is 2. The van der Waals surface area contributed by atoms with Gasteiger partial charge in [0.25, 0.3) is 0 Å². The molecule has 0 unspecified atom stereocenters. The third kappa shape index (κ3) is 3.41. The van der Waals surface area contributed by atoms with E-state index in [0.717, 1.165) is 12.3 Å². The van der Waals surface area contributed by atoms with Crippen molar-refractivity contribution in [3.8, 4) is 0 Å². The Hall–Kier alpha value is -0.705. The molecule has 0 saturated carbocycles. The van der Waals surface area contributed by atoms with Crippen LogP contribution in [-0.4, -0.2) is 13.3 Å². The van der Waals surface area contributed by atoms with E-state index < -0.39 is 30.7 Å². The van der Waals surface area contributed by atoms with Gasteiger partial charge >= 0.3 is 86.5 Å². The van der Waals surface area contributed by atoms with Gasteiger partial charge in [-0.05, 0) is 0 Å². The predicted octanol–water partition coefficient (Wildman–Crippen LogP) is -1.41.